The normalized spacial score (nSPS) is 27.8. The van der Waals surface area contributed by atoms with Crippen molar-refractivity contribution < 1.29 is 84.7 Å². The Hall–Kier alpha value is -2.65. The van der Waals surface area contributed by atoms with Crippen molar-refractivity contribution in [2.45, 2.75) is 36.9 Å². The van der Waals surface area contributed by atoms with Gasteiger partial charge in [-0.25, -0.2) is 22.8 Å². The van der Waals surface area contributed by atoms with Gasteiger partial charge in [0.1, 0.15) is 24.1 Å². The van der Waals surface area contributed by atoms with Crippen molar-refractivity contribution in [2.24, 2.45) is 0 Å². The number of aliphatic hydroxyl groups is 2. The molecule has 6 unspecified atom stereocenters. The number of nitro groups is 1. The summed E-state index contributed by atoms with van der Waals surface area (Å²) in [4.78, 5) is 63.3. The summed E-state index contributed by atoms with van der Waals surface area (Å²) < 4.78 is 77.6. The van der Waals surface area contributed by atoms with Gasteiger partial charge in [-0.3, -0.25) is 29.4 Å². The lowest BCUT2D eigenvalue weighted by Crippen LogP contribution is -2.54. The number of hydrogen-bond acceptors (Lipinski definition) is 15. The molecule has 1 saturated heterocycles. The van der Waals surface area contributed by atoms with E-state index in [0.717, 1.165) is 29.2 Å². The van der Waals surface area contributed by atoms with Crippen molar-refractivity contribution in [3.8, 4) is 0 Å². The van der Waals surface area contributed by atoms with Crippen molar-refractivity contribution in [1.82, 2.24) is 10.2 Å². The number of phosphoric ester groups is 1. The molecule has 22 nitrogen and oxygen atoms in total. The van der Waals surface area contributed by atoms with E-state index in [1.54, 1.807) is 30.3 Å². The van der Waals surface area contributed by atoms with Crippen LogP contribution in [-0.2, 0) is 51.4 Å². The number of aliphatic hydroxyl groups excluding tert-OH is 2. The van der Waals surface area contributed by atoms with Crippen molar-refractivity contribution in [1.29, 1.82) is 0 Å². The number of hydrogen-bond donors (Lipinski definition) is 7. The van der Waals surface area contributed by atoms with Crippen LogP contribution < -0.4 is 5.32 Å². The van der Waals surface area contributed by atoms with Gasteiger partial charge in [-0.05, 0) is 17.7 Å². The summed E-state index contributed by atoms with van der Waals surface area (Å²) in [5, 5.41) is 34.4. The molecule has 7 N–H and O–H groups in total. The van der Waals surface area contributed by atoms with E-state index in [1.807, 2.05) is 0 Å². The van der Waals surface area contributed by atoms with Crippen molar-refractivity contribution in [3.05, 3.63) is 92.1 Å². The van der Waals surface area contributed by atoms with E-state index < -0.39 is 85.6 Å². The SMILES string of the molecule is O=C1NC2OC(c3ccccc3Br)=CC2=CN1[C@@H]1O[C@H](COP(=O)(O)OP(=O)(O)OP(=O)(O)OP(=O)(O)Cc2ccc([N+](=O)[O-])cc2)[C@H](O)C1O. The van der Waals surface area contributed by atoms with Gasteiger partial charge in [0.25, 0.3) is 5.69 Å². The molecular formula is C24H26BrN3O19P4. The second-order valence-corrected chi connectivity index (χ2v) is 18.2. The number of carbonyl (C=O) groups excluding carboxylic acids is 1. The van der Waals surface area contributed by atoms with Gasteiger partial charge in [-0.1, -0.05) is 46.3 Å². The molecule has 0 radical (unpaired) electrons. The monoisotopic (exact) mass is 863 g/mol. The topological polar surface area (TPSA) is 321 Å². The van der Waals surface area contributed by atoms with Gasteiger partial charge in [0, 0.05) is 33.9 Å². The summed E-state index contributed by atoms with van der Waals surface area (Å²) in [6.07, 6.45) is -5.99. The molecule has 27 heteroatoms. The third kappa shape index (κ3) is 9.87. The Morgan fingerprint density at radius 2 is 1.55 bits per heavy atom. The lowest BCUT2D eigenvalue weighted by molar-refractivity contribution is -0.384. The smallest absolute Gasteiger partial charge is 0.466 e. The van der Waals surface area contributed by atoms with E-state index in [9.17, 15) is 63.0 Å². The molecule has 2 aromatic carbocycles. The van der Waals surface area contributed by atoms with E-state index >= 15 is 0 Å². The van der Waals surface area contributed by atoms with Gasteiger partial charge in [0.15, 0.2) is 6.23 Å². The number of benzene rings is 2. The Kier molecular flexibility index (Phi) is 11.6. The molecule has 0 spiro atoms. The zero-order valence-electron chi connectivity index (χ0n) is 25.1. The number of urea groups is 1. The number of non-ortho nitro benzene ring substituents is 1. The fraction of sp³-hybridized carbons (Fsp3) is 0.292. The van der Waals surface area contributed by atoms with Crippen LogP contribution in [-0.4, -0.2) is 83.0 Å². The van der Waals surface area contributed by atoms with Crippen LogP contribution in [0, 0.1) is 10.1 Å². The van der Waals surface area contributed by atoms with Crippen LogP contribution >= 0.6 is 47.0 Å². The van der Waals surface area contributed by atoms with Crippen LogP contribution in [0.1, 0.15) is 11.1 Å². The number of ether oxygens (including phenoxy) is 2. The minimum absolute atomic E-state index is 0.0939. The van der Waals surface area contributed by atoms with Gasteiger partial charge in [0.2, 0.25) is 6.23 Å². The number of rotatable bonds is 14. The van der Waals surface area contributed by atoms with E-state index in [0.29, 0.717) is 21.4 Å². The molecule has 0 saturated carbocycles. The van der Waals surface area contributed by atoms with Crippen molar-refractivity contribution in [3.63, 3.8) is 0 Å². The maximum Gasteiger partial charge on any atom is 0.490 e. The van der Waals surface area contributed by atoms with Crippen LogP contribution in [0.15, 0.2) is 70.9 Å². The largest absolute Gasteiger partial charge is 0.490 e. The third-order valence-electron chi connectivity index (χ3n) is 6.95. The predicted octanol–water partition coefficient (Wildman–Crippen LogP) is 3.16. The maximum atomic E-state index is 12.9. The molecule has 1 fully saturated rings. The molecule has 2 amide bonds. The van der Waals surface area contributed by atoms with Crippen LogP contribution in [0.5, 0.6) is 0 Å². The number of nitrogens with one attached hydrogen (secondary N) is 1. The Labute approximate surface area is 294 Å². The van der Waals surface area contributed by atoms with Crippen LogP contribution in [0.25, 0.3) is 5.76 Å². The lowest BCUT2D eigenvalue weighted by Gasteiger charge is -2.33. The molecule has 51 heavy (non-hydrogen) atoms. The number of halogens is 1. The van der Waals surface area contributed by atoms with Crippen LogP contribution in [0.2, 0.25) is 0 Å². The fourth-order valence-electron chi connectivity index (χ4n) is 4.79. The molecule has 278 valence electrons. The minimum atomic E-state index is -6.12. The molecule has 3 aliphatic heterocycles. The van der Waals surface area contributed by atoms with Crippen molar-refractivity contribution in [2.75, 3.05) is 6.61 Å². The average Bonchev–Trinajstić information content (AvgIpc) is 3.53. The molecule has 2 aromatic rings. The summed E-state index contributed by atoms with van der Waals surface area (Å²) in [5.74, 6) is 0.403. The predicted molar refractivity (Wildman–Crippen MR) is 171 cm³/mol. The summed E-state index contributed by atoms with van der Waals surface area (Å²) in [7, 11) is -23.1. The number of nitrogens with zero attached hydrogens (tertiary/aromatic N) is 2. The zero-order valence-corrected chi connectivity index (χ0v) is 30.3. The first kappa shape index (κ1) is 39.6. The van der Waals surface area contributed by atoms with Crippen LogP contribution in [0.3, 0.4) is 0 Å². The Bertz CT molecular complexity index is 1960. The summed E-state index contributed by atoms with van der Waals surface area (Å²) in [5.41, 5.74) is 0.626. The van der Waals surface area contributed by atoms with Gasteiger partial charge in [-0.15, -0.1) is 0 Å². The highest BCUT2D eigenvalue weighted by molar-refractivity contribution is 9.10. The van der Waals surface area contributed by atoms with E-state index in [-0.39, 0.29) is 11.3 Å². The quantitative estimate of drug-likeness (QED) is 0.0814. The molecule has 9 atom stereocenters. The Morgan fingerprint density at radius 1 is 0.922 bits per heavy atom. The molecule has 0 aromatic heterocycles. The first-order chi connectivity index (χ1) is 23.6. The zero-order chi connectivity index (χ0) is 37.5. The highest BCUT2D eigenvalue weighted by Gasteiger charge is 2.50. The molecule has 3 heterocycles. The average molecular weight is 864 g/mol. The van der Waals surface area contributed by atoms with Gasteiger partial charge in [0.05, 0.1) is 17.7 Å². The van der Waals surface area contributed by atoms with Crippen molar-refractivity contribution >= 4 is 64.5 Å². The van der Waals surface area contributed by atoms with Gasteiger partial charge in [-0.2, -0.15) is 8.62 Å². The number of phosphoric acid groups is 3. The number of fused-ring (bicyclic) bond motifs is 1. The van der Waals surface area contributed by atoms with Gasteiger partial charge < -0.3 is 39.3 Å². The maximum absolute atomic E-state index is 12.9. The number of carbonyl (C=O) groups is 1. The molecule has 5 rings (SSSR count). The molecule has 0 aliphatic carbocycles. The lowest BCUT2D eigenvalue weighted by atomic mass is 10.1. The Morgan fingerprint density at radius 3 is 2.20 bits per heavy atom. The second-order valence-electron chi connectivity index (χ2n) is 10.7. The first-order valence-corrected chi connectivity index (χ1v) is 21.0. The van der Waals surface area contributed by atoms with E-state index in [1.165, 1.54) is 6.20 Å². The second kappa shape index (κ2) is 15.0. The fourth-order valence-corrected chi connectivity index (χ4v) is 10.9. The number of nitro benzene ring substituents is 1. The number of amides is 2. The molecular weight excluding hydrogens is 838 g/mol. The first-order valence-electron chi connectivity index (χ1n) is 13.9. The van der Waals surface area contributed by atoms with E-state index in [4.69, 9.17) is 9.47 Å². The third-order valence-corrected chi connectivity index (χ3v) is 14.0. The van der Waals surface area contributed by atoms with Crippen LogP contribution in [0.4, 0.5) is 10.5 Å². The summed E-state index contributed by atoms with van der Waals surface area (Å²) in [6.45, 7) is -1.14. The van der Waals surface area contributed by atoms with Gasteiger partial charge >= 0.3 is 37.1 Å². The molecule has 0 bridgehead atoms. The molecule has 3 aliphatic rings. The summed E-state index contributed by atoms with van der Waals surface area (Å²) >= 11 is 3.41. The van der Waals surface area contributed by atoms with E-state index in [2.05, 4.69) is 38.7 Å². The highest BCUT2D eigenvalue weighted by Crippen LogP contribution is 2.71. The standard InChI is InChI=1S/C24H26BrN3O19P4/c25-17-4-2-1-3-16(17)18-9-14-10-27(24(31)26-22(14)43-18)23-21(30)20(29)19(44-23)11-42-49(36,37)46-51(40,41)47-50(38,39)45-48(34,35)12-13-5-7-15(8-6-13)28(32)33/h1-10,19-23,29-30H,11-12H2,(H,26,31)(H,34,35)(H,36,37)(H,38,39)(H,40,41)/t19-,20+,21?,22?,23-/m1/s1. The Balaban J connectivity index is 1.17. The highest BCUT2D eigenvalue weighted by atomic mass is 79.9. The summed E-state index contributed by atoms with van der Waals surface area (Å²) in [6, 6.07) is 10.2. The minimum Gasteiger partial charge on any atom is -0.466 e.